The van der Waals surface area contributed by atoms with E-state index in [4.69, 9.17) is 0 Å². The molecule has 1 N–H and O–H groups in total. The third-order valence-corrected chi connectivity index (χ3v) is 3.19. The van der Waals surface area contributed by atoms with Crippen molar-refractivity contribution < 1.29 is 14.6 Å². The highest BCUT2D eigenvalue weighted by Crippen LogP contribution is 2.23. The van der Waals surface area contributed by atoms with Crippen molar-refractivity contribution in [3.8, 4) is 0 Å². The highest BCUT2D eigenvalue weighted by Gasteiger charge is 2.20. The van der Waals surface area contributed by atoms with Gasteiger partial charge in [0, 0.05) is 18.3 Å². The van der Waals surface area contributed by atoms with Gasteiger partial charge in [-0.15, -0.1) is 0 Å². The molecule has 3 rings (SSSR count). The Morgan fingerprint density at radius 1 is 1.08 bits per heavy atom. The normalized spacial score (nSPS) is 10.5. The average molecular weight is 327 g/mol. The second-order valence-electron chi connectivity index (χ2n) is 4.80. The first-order valence-electron chi connectivity index (χ1n) is 6.63. The Bertz CT molecular complexity index is 915. The van der Waals surface area contributed by atoms with Crippen LogP contribution in [0.5, 0.6) is 0 Å². The fourth-order valence-electron chi connectivity index (χ4n) is 2.12. The van der Waals surface area contributed by atoms with Crippen molar-refractivity contribution in [2.24, 2.45) is 0 Å². The van der Waals surface area contributed by atoms with Crippen molar-refractivity contribution in [2.75, 3.05) is 5.32 Å². The maximum absolute atomic E-state index is 12.2. The Labute approximate surface area is 133 Å². The number of benzene rings is 1. The lowest BCUT2D eigenvalue weighted by Gasteiger charge is -2.02. The monoisotopic (exact) mass is 327 g/mol. The molecule has 10 heteroatoms. The first-order chi connectivity index (χ1) is 11.4. The van der Waals surface area contributed by atoms with Gasteiger partial charge in [0.1, 0.15) is 5.65 Å². The van der Waals surface area contributed by atoms with Gasteiger partial charge < -0.3 is 9.72 Å². The second kappa shape index (κ2) is 5.76. The number of hydrogen-bond acceptors (Lipinski definition) is 6. The van der Waals surface area contributed by atoms with E-state index in [1.54, 1.807) is 35.0 Å². The second-order valence-corrected chi connectivity index (χ2v) is 4.80. The Morgan fingerprint density at radius 2 is 1.75 bits per heavy atom. The first-order valence-corrected chi connectivity index (χ1v) is 6.63. The van der Waals surface area contributed by atoms with Crippen LogP contribution in [0.4, 0.5) is 17.2 Å². The number of amides is 1. The summed E-state index contributed by atoms with van der Waals surface area (Å²) in [7, 11) is 0. The fraction of sp³-hybridized carbons (Fsp3) is 0. The largest absolute Gasteiger partial charge is 0.305 e. The molecule has 0 fully saturated rings. The lowest BCUT2D eigenvalue weighted by molar-refractivity contribution is -0.394. The number of fused-ring (bicyclic) bond motifs is 1. The molecule has 3 aromatic rings. The Kier molecular flexibility index (Phi) is 3.62. The van der Waals surface area contributed by atoms with Crippen molar-refractivity contribution in [3.63, 3.8) is 0 Å². The highest BCUT2D eigenvalue weighted by molar-refractivity contribution is 6.04. The minimum atomic E-state index is -0.797. The van der Waals surface area contributed by atoms with Gasteiger partial charge in [-0.1, -0.05) is 6.07 Å². The molecule has 120 valence electrons. The quantitative estimate of drug-likeness (QED) is 0.578. The Hall–Kier alpha value is -3.82. The van der Waals surface area contributed by atoms with Crippen molar-refractivity contribution in [2.45, 2.75) is 0 Å². The summed E-state index contributed by atoms with van der Waals surface area (Å²) in [5.41, 5.74) is -0.681. The van der Waals surface area contributed by atoms with Gasteiger partial charge >= 0.3 is 0 Å². The number of carbonyl (C=O) groups excluding carboxylic acids is 1. The van der Waals surface area contributed by atoms with Crippen molar-refractivity contribution in [1.29, 1.82) is 0 Å². The third kappa shape index (κ3) is 2.88. The van der Waals surface area contributed by atoms with Crippen LogP contribution in [-0.2, 0) is 0 Å². The maximum atomic E-state index is 12.2. The van der Waals surface area contributed by atoms with E-state index in [0.717, 1.165) is 18.2 Å². The van der Waals surface area contributed by atoms with Crippen LogP contribution in [0.2, 0.25) is 0 Å². The van der Waals surface area contributed by atoms with Crippen LogP contribution in [0.3, 0.4) is 0 Å². The molecular formula is C14H9N5O5. The van der Waals surface area contributed by atoms with Gasteiger partial charge in [0.15, 0.2) is 5.82 Å². The van der Waals surface area contributed by atoms with Gasteiger partial charge in [-0.25, -0.2) is 4.98 Å². The summed E-state index contributed by atoms with van der Waals surface area (Å²) in [4.78, 5) is 36.5. The van der Waals surface area contributed by atoms with Gasteiger partial charge in [0.05, 0.1) is 27.7 Å². The predicted octanol–water partition coefficient (Wildman–Crippen LogP) is 2.40. The topological polar surface area (TPSA) is 133 Å². The van der Waals surface area contributed by atoms with Crippen LogP contribution >= 0.6 is 0 Å². The lowest BCUT2D eigenvalue weighted by Crippen LogP contribution is -2.13. The standard InChI is InChI=1S/C14H9N5O5/c20-14(16-12-8-17-4-2-1-3-13(17)15-12)9-5-10(18(21)22)7-11(6-9)19(23)24/h1-8H,(H,16,20). The number of rotatable bonds is 4. The molecule has 0 spiro atoms. The molecule has 2 heterocycles. The molecule has 0 aliphatic rings. The van der Waals surface area contributed by atoms with E-state index >= 15 is 0 Å². The summed E-state index contributed by atoms with van der Waals surface area (Å²) in [6.07, 6.45) is 3.29. The van der Waals surface area contributed by atoms with Gasteiger partial charge in [-0.05, 0) is 12.1 Å². The van der Waals surface area contributed by atoms with E-state index in [9.17, 15) is 25.0 Å². The van der Waals surface area contributed by atoms with Crippen LogP contribution in [0, 0.1) is 20.2 Å². The summed E-state index contributed by atoms with van der Waals surface area (Å²) in [6, 6.07) is 8.02. The van der Waals surface area contributed by atoms with Crippen LogP contribution in [0.15, 0.2) is 48.8 Å². The van der Waals surface area contributed by atoms with Gasteiger partial charge in [0.25, 0.3) is 17.3 Å². The molecule has 0 aliphatic carbocycles. The molecule has 0 saturated heterocycles. The molecular weight excluding hydrogens is 318 g/mol. The van der Waals surface area contributed by atoms with Gasteiger partial charge in [-0.3, -0.25) is 25.0 Å². The lowest BCUT2D eigenvalue weighted by atomic mass is 10.1. The molecule has 1 amide bonds. The number of carbonyl (C=O) groups is 1. The van der Waals surface area contributed by atoms with Crippen LogP contribution in [-0.4, -0.2) is 25.1 Å². The zero-order valence-electron chi connectivity index (χ0n) is 11.9. The van der Waals surface area contributed by atoms with Crippen molar-refractivity contribution in [3.05, 3.63) is 74.6 Å². The van der Waals surface area contributed by atoms with E-state index < -0.39 is 27.1 Å². The van der Waals surface area contributed by atoms with Gasteiger partial charge in [0.2, 0.25) is 0 Å². The summed E-state index contributed by atoms with van der Waals surface area (Å²) in [5, 5.41) is 24.2. The molecule has 0 aliphatic heterocycles. The summed E-state index contributed by atoms with van der Waals surface area (Å²) in [6.45, 7) is 0. The number of non-ortho nitro benzene ring substituents is 2. The number of nitrogens with zero attached hydrogens (tertiary/aromatic N) is 4. The smallest absolute Gasteiger partial charge is 0.277 e. The van der Waals surface area contributed by atoms with Crippen molar-refractivity contribution >= 4 is 28.7 Å². The number of aromatic nitrogens is 2. The van der Waals surface area contributed by atoms with E-state index in [1.165, 1.54) is 0 Å². The Balaban J connectivity index is 1.94. The number of nitro benzene ring substituents is 2. The van der Waals surface area contributed by atoms with E-state index in [2.05, 4.69) is 10.3 Å². The Morgan fingerprint density at radius 3 is 2.33 bits per heavy atom. The molecule has 0 radical (unpaired) electrons. The number of pyridine rings is 1. The average Bonchev–Trinajstić information content (AvgIpc) is 2.96. The molecule has 1 aromatic carbocycles. The SMILES string of the molecule is O=C(Nc1cn2ccccc2n1)c1cc([N+](=O)[O-])cc([N+](=O)[O-])c1. The van der Waals surface area contributed by atoms with Gasteiger partial charge in [-0.2, -0.15) is 0 Å². The summed E-state index contributed by atoms with van der Waals surface area (Å²) in [5.74, 6) is -0.509. The molecule has 2 aromatic heterocycles. The highest BCUT2D eigenvalue weighted by atomic mass is 16.6. The number of nitrogens with one attached hydrogen (secondary N) is 1. The number of anilines is 1. The van der Waals surface area contributed by atoms with E-state index in [0.29, 0.717) is 5.65 Å². The number of nitro groups is 2. The molecule has 0 saturated carbocycles. The minimum Gasteiger partial charge on any atom is -0.305 e. The molecule has 0 atom stereocenters. The summed E-state index contributed by atoms with van der Waals surface area (Å²) < 4.78 is 1.67. The number of imidazole rings is 1. The zero-order valence-corrected chi connectivity index (χ0v) is 11.9. The fourth-order valence-corrected chi connectivity index (χ4v) is 2.12. The third-order valence-electron chi connectivity index (χ3n) is 3.19. The van der Waals surface area contributed by atoms with Crippen LogP contribution in [0.25, 0.3) is 5.65 Å². The van der Waals surface area contributed by atoms with Crippen LogP contribution < -0.4 is 5.32 Å². The van der Waals surface area contributed by atoms with E-state index in [1.807, 2.05) is 0 Å². The zero-order chi connectivity index (χ0) is 17.3. The van der Waals surface area contributed by atoms with E-state index in [-0.39, 0.29) is 11.4 Å². The maximum Gasteiger partial charge on any atom is 0.277 e. The minimum absolute atomic E-state index is 0.201. The molecule has 0 bridgehead atoms. The van der Waals surface area contributed by atoms with Crippen molar-refractivity contribution in [1.82, 2.24) is 9.38 Å². The predicted molar refractivity (Wildman–Crippen MR) is 82.9 cm³/mol. The summed E-state index contributed by atoms with van der Waals surface area (Å²) >= 11 is 0. The number of hydrogen-bond donors (Lipinski definition) is 1. The van der Waals surface area contributed by atoms with Crippen LogP contribution in [0.1, 0.15) is 10.4 Å². The first kappa shape index (κ1) is 15.1. The molecule has 0 unspecified atom stereocenters. The molecule has 24 heavy (non-hydrogen) atoms. The molecule has 10 nitrogen and oxygen atoms in total.